The minimum Gasteiger partial charge on any atom is -0.324 e. The van der Waals surface area contributed by atoms with E-state index in [2.05, 4.69) is 17.4 Å². The van der Waals surface area contributed by atoms with Gasteiger partial charge in [-0.1, -0.05) is 72.8 Å². The van der Waals surface area contributed by atoms with Crippen LogP contribution in [-0.2, 0) is 0 Å². The summed E-state index contributed by atoms with van der Waals surface area (Å²) in [5.74, 6) is 0.677. The number of nitrogens with zero attached hydrogens (tertiary/aromatic N) is 4. The highest BCUT2D eigenvalue weighted by atomic mass is 15.4. The highest BCUT2D eigenvalue weighted by Crippen LogP contribution is 2.19. The van der Waals surface area contributed by atoms with Gasteiger partial charge in [0.05, 0.1) is 17.1 Å². The van der Waals surface area contributed by atoms with E-state index in [9.17, 15) is 0 Å². The second-order valence-electron chi connectivity index (χ2n) is 6.98. The number of anilines is 2. The lowest BCUT2D eigenvalue weighted by Crippen LogP contribution is -2.24. The number of hydrogen-bond donors (Lipinski definition) is 1. The molecule has 5 rings (SSSR count). The zero-order valence-electron chi connectivity index (χ0n) is 16.8. The predicted molar refractivity (Wildman–Crippen MR) is 124 cm³/mol. The molecule has 0 amide bonds. The van der Waals surface area contributed by atoms with Gasteiger partial charge in [-0.3, -0.25) is 0 Å². The van der Waals surface area contributed by atoms with E-state index >= 15 is 0 Å². The van der Waals surface area contributed by atoms with E-state index in [0.29, 0.717) is 11.6 Å². The molecular formula is C26H21N5. The van der Waals surface area contributed by atoms with Crippen molar-refractivity contribution in [1.29, 1.82) is 0 Å². The topological polar surface area (TPSA) is 47.1 Å². The number of rotatable bonds is 5. The highest BCUT2D eigenvalue weighted by molar-refractivity contribution is 5.56. The Balaban J connectivity index is 1.80. The van der Waals surface area contributed by atoms with E-state index in [0.717, 1.165) is 22.7 Å². The van der Waals surface area contributed by atoms with Crippen LogP contribution in [0.5, 0.6) is 0 Å². The van der Waals surface area contributed by atoms with Crippen molar-refractivity contribution in [1.82, 2.24) is 14.3 Å². The zero-order chi connectivity index (χ0) is 20.9. The maximum absolute atomic E-state index is 4.98. The van der Waals surface area contributed by atoms with Crippen LogP contribution in [0.4, 0.5) is 17.3 Å². The van der Waals surface area contributed by atoms with Gasteiger partial charge in [0.2, 0.25) is 11.6 Å². The molecule has 0 saturated heterocycles. The van der Waals surface area contributed by atoms with E-state index in [1.165, 1.54) is 0 Å². The summed E-state index contributed by atoms with van der Waals surface area (Å²) in [7, 11) is 0. The van der Waals surface area contributed by atoms with Crippen molar-refractivity contribution in [3.63, 3.8) is 0 Å². The van der Waals surface area contributed by atoms with Crippen LogP contribution in [0.2, 0.25) is 0 Å². The van der Waals surface area contributed by atoms with Gasteiger partial charge in [0, 0.05) is 5.69 Å². The zero-order valence-corrected chi connectivity index (χ0v) is 16.8. The third kappa shape index (κ3) is 4.02. The monoisotopic (exact) mass is 403 g/mol. The molecule has 0 aliphatic rings. The fourth-order valence-electron chi connectivity index (χ4n) is 3.38. The highest BCUT2D eigenvalue weighted by Gasteiger charge is 2.15. The third-order valence-electron chi connectivity index (χ3n) is 4.83. The molecule has 31 heavy (non-hydrogen) atoms. The van der Waals surface area contributed by atoms with Gasteiger partial charge in [-0.05, 0) is 48.5 Å². The lowest BCUT2D eigenvalue weighted by molar-refractivity contribution is 0.801. The standard InChI is InChI=1S/C26H21N5/c1-5-13-21(14-6-1)27-25-29-31(24-19-11-4-12-20-24)26(28-22-15-7-2-8-16-22)30(25)23-17-9-3-10-18-23/h1-20H,(H,27,29). The van der Waals surface area contributed by atoms with Crippen LogP contribution in [0.3, 0.4) is 0 Å². The number of nitrogens with one attached hydrogen (secondary N) is 1. The molecule has 0 bridgehead atoms. The third-order valence-corrected chi connectivity index (χ3v) is 4.83. The normalized spacial score (nSPS) is 11.4. The first kappa shape index (κ1) is 18.6. The van der Waals surface area contributed by atoms with Crippen LogP contribution < -0.4 is 10.9 Å². The molecule has 0 radical (unpaired) electrons. The van der Waals surface area contributed by atoms with Gasteiger partial charge >= 0.3 is 0 Å². The number of aromatic nitrogens is 3. The van der Waals surface area contributed by atoms with E-state index in [4.69, 9.17) is 10.1 Å². The smallest absolute Gasteiger partial charge is 0.239 e. The van der Waals surface area contributed by atoms with Crippen molar-refractivity contribution in [3.8, 4) is 11.4 Å². The molecule has 0 aliphatic heterocycles. The van der Waals surface area contributed by atoms with Gasteiger partial charge in [0.15, 0.2) is 0 Å². The molecule has 0 atom stereocenters. The maximum atomic E-state index is 4.98. The number of benzene rings is 4. The largest absolute Gasteiger partial charge is 0.324 e. The molecule has 0 fully saturated rings. The first-order chi connectivity index (χ1) is 15.4. The fourth-order valence-corrected chi connectivity index (χ4v) is 3.38. The lowest BCUT2D eigenvalue weighted by Gasteiger charge is -2.09. The second kappa shape index (κ2) is 8.55. The molecule has 0 saturated carbocycles. The Labute approximate surface area is 180 Å². The summed E-state index contributed by atoms with van der Waals surface area (Å²) in [5.41, 5.74) is 4.41. The predicted octanol–water partition coefficient (Wildman–Crippen LogP) is 5.64. The molecule has 1 heterocycles. The molecule has 1 aromatic heterocycles. The number of hydrogen-bond acceptors (Lipinski definition) is 3. The van der Waals surface area contributed by atoms with E-state index in [-0.39, 0.29) is 0 Å². The Hall–Kier alpha value is -4.38. The Morgan fingerprint density at radius 1 is 0.581 bits per heavy atom. The Morgan fingerprint density at radius 3 is 1.71 bits per heavy atom. The minimum absolute atomic E-state index is 0.677. The summed E-state index contributed by atoms with van der Waals surface area (Å²) in [6.45, 7) is 0. The molecule has 150 valence electrons. The van der Waals surface area contributed by atoms with Crippen LogP contribution in [0, 0.1) is 0 Å². The second-order valence-corrected chi connectivity index (χ2v) is 6.98. The van der Waals surface area contributed by atoms with Gasteiger partial charge in [0.25, 0.3) is 0 Å². The van der Waals surface area contributed by atoms with Crippen molar-refractivity contribution in [2.45, 2.75) is 0 Å². The average Bonchev–Trinajstić information content (AvgIpc) is 3.19. The van der Waals surface area contributed by atoms with Crippen molar-refractivity contribution in [3.05, 3.63) is 127 Å². The van der Waals surface area contributed by atoms with E-state index < -0.39 is 0 Å². The molecular weight excluding hydrogens is 382 g/mol. The van der Waals surface area contributed by atoms with Crippen molar-refractivity contribution in [2.75, 3.05) is 5.32 Å². The van der Waals surface area contributed by atoms with Crippen molar-refractivity contribution >= 4 is 17.3 Å². The molecule has 4 aromatic carbocycles. The van der Waals surface area contributed by atoms with Crippen molar-refractivity contribution < 1.29 is 0 Å². The molecule has 5 heteroatoms. The first-order valence-electron chi connectivity index (χ1n) is 10.1. The Kier molecular flexibility index (Phi) is 5.14. The van der Waals surface area contributed by atoms with Crippen molar-refractivity contribution in [2.24, 2.45) is 4.99 Å². The SMILES string of the molecule is c1ccc(N=c2n(-c3ccccc3)nc(Nc3ccccc3)n2-c2ccccc2)cc1. The van der Waals surface area contributed by atoms with E-state index in [1.807, 2.05) is 118 Å². The summed E-state index contributed by atoms with van der Waals surface area (Å²) < 4.78 is 3.90. The average molecular weight is 403 g/mol. The summed E-state index contributed by atoms with van der Waals surface area (Å²) in [6.07, 6.45) is 0. The van der Waals surface area contributed by atoms with E-state index in [1.54, 1.807) is 0 Å². The Morgan fingerprint density at radius 2 is 1.10 bits per heavy atom. The summed E-state index contributed by atoms with van der Waals surface area (Å²) in [5, 5.41) is 8.38. The van der Waals surface area contributed by atoms with Crippen LogP contribution in [0.15, 0.2) is 126 Å². The number of para-hydroxylation sites is 4. The van der Waals surface area contributed by atoms with Gasteiger partial charge in [0.1, 0.15) is 0 Å². The van der Waals surface area contributed by atoms with Crippen LogP contribution in [-0.4, -0.2) is 14.3 Å². The van der Waals surface area contributed by atoms with Crippen LogP contribution in [0.1, 0.15) is 0 Å². The van der Waals surface area contributed by atoms with Gasteiger partial charge in [-0.2, -0.15) is 4.68 Å². The molecule has 0 aliphatic carbocycles. The quantitative estimate of drug-likeness (QED) is 0.413. The van der Waals surface area contributed by atoms with Gasteiger partial charge in [-0.25, -0.2) is 9.56 Å². The molecule has 0 spiro atoms. The molecule has 0 unspecified atom stereocenters. The Bertz CT molecular complexity index is 1320. The molecule has 1 N–H and O–H groups in total. The molecule has 5 aromatic rings. The minimum atomic E-state index is 0.677. The van der Waals surface area contributed by atoms with Gasteiger partial charge in [-0.15, -0.1) is 5.10 Å². The molecule has 5 nitrogen and oxygen atoms in total. The fraction of sp³-hybridized carbons (Fsp3) is 0. The summed E-state index contributed by atoms with van der Waals surface area (Å²) >= 11 is 0. The summed E-state index contributed by atoms with van der Waals surface area (Å²) in [4.78, 5) is 4.98. The first-order valence-corrected chi connectivity index (χ1v) is 10.1. The van der Waals surface area contributed by atoms with Gasteiger partial charge < -0.3 is 5.32 Å². The van der Waals surface area contributed by atoms with Crippen LogP contribution >= 0.6 is 0 Å². The lowest BCUT2D eigenvalue weighted by atomic mass is 10.3. The maximum Gasteiger partial charge on any atom is 0.239 e. The van der Waals surface area contributed by atoms with Crippen LogP contribution in [0.25, 0.3) is 11.4 Å². The summed E-state index contributed by atoms with van der Waals surface area (Å²) in [6, 6.07) is 40.1.